The number of carbonyl (C=O) groups excluding carboxylic acids is 2. The van der Waals surface area contributed by atoms with Crippen molar-refractivity contribution in [3.8, 4) is 0 Å². The summed E-state index contributed by atoms with van der Waals surface area (Å²) in [7, 11) is -3.32. The molecule has 1 aliphatic heterocycles. The first kappa shape index (κ1) is 19.2. The maximum Gasteiger partial charge on any atom is 0.338 e. The summed E-state index contributed by atoms with van der Waals surface area (Å²) in [6, 6.07) is 4.78. The number of anilines is 1. The van der Waals surface area contributed by atoms with Gasteiger partial charge in [-0.15, -0.1) is 0 Å². The smallest absolute Gasteiger partial charge is 0.338 e. The molecule has 2 rings (SSSR count). The lowest BCUT2D eigenvalue weighted by molar-refractivity contribution is -0.124. The molecule has 1 N–H and O–H groups in total. The highest BCUT2D eigenvalue weighted by Gasteiger charge is 2.27. The second-order valence-electron chi connectivity index (χ2n) is 6.26. The van der Waals surface area contributed by atoms with E-state index >= 15 is 0 Å². The number of sulfonamides is 1. The lowest BCUT2D eigenvalue weighted by Gasteiger charge is -2.16. The summed E-state index contributed by atoms with van der Waals surface area (Å²) in [4.78, 5) is 23.8. The fraction of sp³-hybridized carbons (Fsp3) is 0.529. The zero-order chi connectivity index (χ0) is 18.6. The van der Waals surface area contributed by atoms with Gasteiger partial charge in [0, 0.05) is 12.6 Å². The molecule has 1 aliphatic rings. The van der Waals surface area contributed by atoms with E-state index in [1.54, 1.807) is 12.1 Å². The van der Waals surface area contributed by atoms with E-state index in [1.165, 1.54) is 10.4 Å². The van der Waals surface area contributed by atoms with Gasteiger partial charge in [0.2, 0.25) is 10.0 Å². The summed E-state index contributed by atoms with van der Waals surface area (Å²) in [5.74, 6) is -0.933. The lowest BCUT2D eigenvalue weighted by Crippen LogP contribution is -2.35. The van der Waals surface area contributed by atoms with Crippen LogP contribution in [0, 0.1) is 0 Å². The van der Waals surface area contributed by atoms with E-state index in [0.29, 0.717) is 24.2 Å². The van der Waals surface area contributed by atoms with Crippen LogP contribution in [0.1, 0.15) is 42.6 Å². The number of hydrogen-bond donors (Lipinski definition) is 1. The van der Waals surface area contributed by atoms with Gasteiger partial charge in [0.1, 0.15) is 0 Å². The predicted molar refractivity (Wildman–Crippen MR) is 95.1 cm³/mol. The second-order valence-corrected chi connectivity index (χ2v) is 8.17. The van der Waals surface area contributed by atoms with E-state index in [-0.39, 0.29) is 18.6 Å². The van der Waals surface area contributed by atoms with Gasteiger partial charge in [-0.25, -0.2) is 13.2 Å². The van der Waals surface area contributed by atoms with Crippen molar-refractivity contribution in [2.75, 3.05) is 23.7 Å². The van der Waals surface area contributed by atoms with Gasteiger partial charge in [0.05, 0.1) is 17.5 Å². The van der Waals surface area contributed by atoms with Crippen molar-refractivity contribution < 1.29 is 22.7 Å². The molecule has 0 aromatic heterocycles. The SMILES string of the molecule is CCC[C@H](C)NC(=O)COC(=O)c1ccc2c(c1)CCN2S(C)(=O)=O. The van der Waals surface area contributed by atoms with E-state index in [2.05, 4.69) is 5.32 Å². The van der Waals surface area contributed by atoms with Crippen molar-refractivity contribution in [3.63, 3.8) is 0 Å². The number of carbonyl (C=O) groups is 2. The zero-order valence-electron chi connectivity index (χ0n) is 14.7. The Kier molecular flexibility index (Phi) is 6.05. The summed E-state index contributed by atoms with van der Waals surface area (Å²) < 4.78 is 29.8. The summed E-state index contributed by atoms with van der Waals surface area (Å²) in [5.41, 5.74) is 1.68. The average Bonchev–Trinajstić information content (AvgIpc) is 2.95. The van der Waals surface area contributed by atoms with Crippen molar-refractivity contribution in [2.45, 2.75) is 39.2 Å². The van der Waals surface area contributed by atoms with Crippen LogP contribution in [0.25, 0.3) is 0 Å². The highest BCUT2D eigenvalue weighted by Crippen LogP contribution is 2.30. The molecule has 0 spiro atoms. The van der Waals surface area contributed by atoms with Gasteiger partial charge in [-0.2, -0.15) is 0 Å². The number of benzene rings is 1. The fourth-order valence-corrected chi connectivity index (χ4v) is 3.84. The lowest BCUT2D eigenvalue weighted by atomic mass is 10.1. The molecule has 7 nitrogen and oxygen atoms in total. The van der Waals surface area contributed by atoms with Crippen LogP contribution >= 0.6 is 0 Å². The molecule has 1 aromatic rings. The van der Waals surface area contributed by atoms with Gasteiger partial charge in [0.25, 0.3) is 5.91 Å². The quantitative estimate of drug-likeness (QED) is 0.736. The number of rotatable bonds is 7. The standard InChI is InChI=1S/C17H24N2O5S/c1-4-5-12(2)18-16(20)11-24-17(21)14-6-7-15-13(10-14)8-9-19(15)25(3,22)23/h6-7,10,12H,4-5,8-9,11H2,1-3H3,(H,18,20)/t12-/m0/s1. The normalized spacial score (nSPS) is 14.8. The zero-order valence-corrected chi connectivity index (χ0v) is 15.6. The Hall–Kier alpha value is -2.09. The van der Waals surface area contributed by atoms with E-state index in [1.807, 2.05) is 13.8 Å². The van der Waals surface area contributed by atoms with Gasteiger partial charge in [-0.05, 0) is 43.5 Å². The predicted octanol–water partition coefficient (Wildman–Crippen LogP) is 1.47. The van der Waals surface area contributed by atoms with Crippen molar-refractivity contribution >= 4 is 27.6 Å². The first-order valence-corrected chi connectivity index (χ1v) is 10.1. The van der Waals surface area contributed by atoms with E-state index in [9.17, 15) is 18.0 Å². The molecule has 1 atom stereocenters. The summed E-state index contributed by atoms with van der Waals surface area (Å²) in [6.45, 7) is 3.96. The van der Waals surface area contributed by atoms with Gasteiger partial charge < -0.3 is 10.1 Å². The molecule has 1 heterocycles. The number of amides is 1. The third-order valence-electron chi connectivity index (χ3n) is 4.03. The van der Waals surface area contributed by atoms with Crippen LogP contribution in [0.4, 0.5) is 5.69 Å². The molecule has 0 aliphatic carbocycles. The Bertz CT molecular complexity index is 760. The van der Waals surface area contributed by atoms with Crippen LogP contribution in [-0.2, 0) is 26.0 Å². The minimum atomic E-state index is -3.32. The molecular weight excluding hydrogens is 344 g/mol. The summed E-state index contributed by atoms with van der Waals surface area (Å²) >= 11 is 0. The van der Waals surface area contributed by atoms with Crippen LogP contribution in [0.3, 0.4) is 0 Å². The fourth-order valence-electron chi connectivity index (χ4n) is 2.88. The van der Waals surface area contributed by atoms with Crippen LogP contribution < -0.4 is 9.62 Å². The molecule has 0 unspecified atom stereocenters. The number of nitrogens with zero attached hydrogens (tertiary/aromatic N) is 1. The van der Waals surface area contributed by atoms with Crippen LogP contribution in [-0.4, -0.2) is 45.7 Å². The van der Waals surface area contributed by atoms with Crippen molar-refractivity contribution in [1.82, 2.24) is 5.32 Å². The molecule has 8 heteroatoms. The van der Waals surface area contributed by atoms with Crippen LogP contribution in [0.2, 0.25) is 0 Å². The Morgan fingerprint density at radius 1 is 1.36 bits per heavy atom. The highest BCUT2D eigenvalue weighted by atomic mass is 32.2. The molecule has 138 valence electrons. The Balaban J connectivity index is 1.97. The third kappa shape index (κ3) is 4.94. The van der Waals surface area contributed by atoms with Crippen molar-refractivity contribution in [2.24, 2.45) is 0 Å². The Morgan fingerprint density at radius 2 is 2.08 bits per heavy atom. The van der Waals surface area contributed by atoms with Gasteiger partial charge in [-0.3, -0.25) is 9.10 Å². The molecule has 1 aromatic carbocycles. The second kappa shape index (κ2) is 7.86. The molecular formula is C17H24N2O5S. The largest absolute Gasteiger partial charge is 0.452 e. The van der Waals surface area contributed by atoms with E-state index < -0.39 is 16.0 Å². The summed E-state index contributed by atoms with van der Waals surface area (Å²) in [6.07, 6.45) is 3.52. The summed E-state index contributed by atoms with van der Waals surface area (Å²) in [5, 5.41) is 2.76. The van der Waals surface area contributed by atoms with Gasteiger partial charge in [0.15, 0.2) is 6.61 Å². The molecule has 1 amide bonds. The average molecular weight is 368 g/mol. The molecule has 0 saturated heterocycles. The Morgan fingerprint density at radius 3 is 2.72 bits per heavy atom. The number of fused-ring (bicyclic) bond motifs is 1. The van der Waals surface area contributed by atoms with E-state index in [0.717, 1.165) is 24.7 Å². The molecule has 0 bridgehead atoms. The van der Waals surface area contributed by atoms with Crippen LogP contribution in [0.15, 0.2) is 18.2 Å². The first-order valence-electron chi connectivity index (χ1n) is 8.29. The number of hydrogen-bond acceptors (Lipinski definition) is 5. The van der Waals surface area contributed by atoms with Crippen molar-refractivity contribution in [1.29, 1.82) is 0 Å². The minimum absolute atomic E-state index is 0.0400. The maximum atomic E-state index is 12.1. The number of ether oxygens (including phenoxy) is 1. The molecule has 0 fully saturated rings. The minimum Gasteiger partial charge on any atom is -0.452 e. The molecule has 0 saturated carbocycles. The Labute approximate surface area is 148 Å². The van der Waals surface area contributed by atoms with Gasteiger partial charge >= 0.3 is 5.97 Å². The monoisotopic (exact) mass is 368 g/mol. The first-order chi connectivity index (χ1) is 11.7. The van der Waals surface area contributed by atoms with E-state index in [4.69, 9.17) is 4.74 Å². The maximum absolute atomic E-state index is 12.1. The molecule has 0 radical (unpaired) electrons. The van der Waals surface area contributed by atoms with Crippen LogP contribution in [0.5, 0.6) is 0 Å². The third-order valence-corrected chi connectivity index (χ3v) is 5.21. The van der Waals surface area contributed by atoms with Gasteiger partial charge in [-0.1, -0.05) is 13.3 Å². The topological polar surface area (TPSA) is 92.8 Å². The van der Waals surface area contributed by atoms with Crippen molar-refractivity contribution in [3.05, 3.63) is 29.3 Å². The number of esters is 1. The molecule has 25 heavy (non-hydrogen) atoms. The highest BCUT2D eigenvalue weighted by molar-refractivity contribution is 7.92. The number of nitrogens with one attached hydrogen (secondary N) is 1.